The molecule has 1 aromatic carbocycles. The van der Waals surface area contributed by atoms with Gasteiger partial charge in [0.25, 0.3) is 5.70 Å². The van der Waals surface area contributed by atoms with Gasteiger partial charge < -0.3 is 0 Å². The van der Waals surface area contributed by atoms with Crippen LogP contribution in [0.25, 0.3) is 0 Å². The Morgan fingerprint density at radius 1 is 1.19 bits per heavy atom. The number of rotatable bonds is 2. The van der Waals surface area contributed by atoms with E-state index in [1.54, 1.807) is 0 Å². The molecule has 6 nitrogen and oxygen atoms in total. The summed E-state index contributed by atoms with van der Waals surface area (Å²) in [5.74, 6) is -4.44. The zero-order valence-corrected chi connectivity index (χ0v) is 11.0. The van der Waals surface area contributed by atoms with Crippen LogP contribution in [-0.2, 0) is 0 Å². The lowest BCUT2D eigenvalue weighted by Crippen LogP contribution is -2.33. The Morgan fingerprint density at radius 2 is 1.76 bits per heavy atom. The fourth-order valence-electron chi connectivity index (χ4n) is 1.52. The molecular weight excluding hydrogens is 286 g/mol. The molecule has 0 heterocycles. The molecule has 0 N–H and O–H groups in total. The number of nitro groups is 2. The van der Waals surface area contributed by atoms with Crippen LogP contribution in [0.4, 0.5) is 8.78 Å². The van der Waals surface area contributed by atoms with Gasteiger partial charge in [0, 0.05) is 6.08 Å². The summed E-state index contributed by atoms with van der Waals surface area (Å²) < 4.78 is 25.8. The summed E-state index contributed by atoms with van der Waals surface area (Å²) in [5.41, 5.74) is 0.371. The van der Waals surface area contributed by atoms with Gasteiger partial charge in [-0.05, 0) is 6.92 Å². The number of hydrogen-bond donors (Lipinski definition) is 0. The first-order valence-electron chi connectivity index (χ1n) is 5.83. The van der Waals surface area contributed by atoms with Crippen molar-refractivity contribution in [3.05, 3.63) is 79.8 Å². The first kappa shape index (κ1) is 16.4. The van der Waals surface area contributed by atoms with Crippen molar-refractivity contribution in [1.82, 2.24) is 0 Å². The smallest absolute Gasteiger partial charge is 0.261 e. The van der Waals surface area contributed by atoms with E-state index in [1.807, 2.05) is 18.2 Å². The Balaban J connectivity index is 0.000000262. The summed E-state index contributed by atoms with van der Waals surface area (Å²) in [6.45, 7) is 2.08. The lowest BCUT2D eigenvalue weighted by molar-refractivity contribution is -0.591. The van der Waals surface area contributed by atoms with E-state index in [0.29, 0.717) is 6.08 Å². The molecule has 0 spiro atoms. The maximum Gasteiger partial charge on any atom is 0.391 e. The Morgan fingerprint density at radius 3 is 2.14 bits per heavy atom. The van der Waals surface area contributed by atoms with Crippen molar-refractivity contribution in [2.45, 2.75) is 19.1 Å². The third-order valence-electron chi connectivity index (χ3n) is 2.55. The fraction of sp³-hybridized carbons (Fsp3) is 0.231. The topological polar surface area (TPSA) is 86.3 Å². The number of hydrogen-bond acceptors (Lipinski definition) is 4. The van der Waals surface area contributed by atoms with E-state index in [1.165, 1.54) is 5.56 Å². The molecular formula is C13H12F2N2O4. The van der Waals surface area contributed by atoms with Crippen LogP contribution in [-0.4, -0.2) is 15.6 Å². The van der Waals surface area contributed by atoms with Crippen LogP contribution in [0.5, 0.6) is 0 Å². The summed E-state index contributed by atoms with van der Waals surface area (Å²) in [4.78, 5) is 17.8. The van der Waals surface area contributed by atoms with E-state index >= 15 is 0 Å². The molecule has 1 atom stereocenters. The molecule has 1 unspecified atom stereocenters. The number of benzene rings is 1. The van der Waals surface area contributed by atoms with Gasteiger partial charge >= 0.3 is 5.79 Å². The summed E-state index contributed by atoms with van der Waals surface area (Å²) in [6.07, 6.45) is -0.464. The van der Waals surface area contributed by atoms with Gasteiger partial charge in [-0.1, -0.05) is 35.9 Å². The van der Waals surface area contributed by atoms with Crippen LogP contribution >= 0.6 is 0 Å². The predicted octanol–water partition coefficient (Wildman–Crippen LogP) is 3.34. The Hall–Kier alpha value is -2.64. The number of alkyl halides is 1. The van der Waals surface area contributed by atoms with Crippen molar-refractivity contribution in [1.29, 1.82) is 0 Å². The fourth-order valence-corrected chi connectivity index (χ4v) is 1.52. The third kappa shape index (κ3) is 4.75. The highest BCUT2D eigenvalue weighted by molar-refractivity contribution is 5.24. The highest BCUT2D eigenvalue weighted by atomic mass is 19.2. The Bertz CT molecular complexity index is 601. The average molecular weight is 298 g/mol. The van der Waals surface area contributed by atoms with Gasteiger partial charge in [0.1, 0.15) is 18.3 Å². The van der Waals surface area contributed by atoms with Crippen molar-refractivity contribution in [3.63, 3.8) is 0 Å². The van der Waals surface area contributed by atoms with Gasteiger partial charge in [-0.2, -0.15) is 4.39 Å². The first-order chi connectivity index (χ1) is 9.74. The van der Waals surface area contributed by atoms with E-state index in [0.717, 1.165) is 0 Å². The molecule has 0 fully saturated rings. The molecule has 0 aliphatic heterocycles. The highest BCUT2D eigenvalue weighted by Gasteiger charge is 2.47. The predicted molar refractivity (Wildman–Crippen MR) is 70.9 cm³/mol. The van der Waals surface area contributed by atoms with Crippen LogP contribution in [0.2, 0.25) is 0 Å². The van der Waals surface area contributed by atoms with E-state index in [-0.39, 0.29) is 6.08 Å². The van der Waals surface area contributed by atoms with E-state index < -0.39 is 33.6 Å². The SMILES string of the molecule is Cc1ccccc1.O=[N+]([O-])C1=CC(F)([N+](=O)[O-])CC(F)=C1. The van der Waals surface area contributed by atoms with Gasteiger partial charge in [0.05, 0.1) is 9.85 Å². The molecule has 8 heteroatoms. The molecule has 0 bridgehead atoms. The zero-order chi connectivity index (χ0) is 16.0. The number of halogens is 2. The number of aryl methyl sites for hydroxylation is 1. The molecule has 112 valence electrons. The van der Waals surface area contributed by atoms with Crippen LogP contribution in [0.15, 0.2) is 54.0 Å². The van der Waals surface area contributed by atoms with Crippen LogP contribution < -0.4 is 0 Å². The maximum atomic E-state index is 13.2. The minimum atomic E-state index is -3.22. The second kappa shape index (κ2) is 6.69. The van der Waals surface area contributed by atoms with Gasteiger partial charge in [-0.25, -0.2) is 4.39 Å². The van der Waals surface area contributed by atoms with Gasteiger partial charge in [0.2, 0.25) is 0 Å². The van der Waals surface area contributed by atoms with Crippen molar-refractivity contribution >= 4 is 0 Å². The summed E-state index contributed by atoms with van der Waals surface area (Å²) >= 11 is 0. The average Bonchev–Trinajstić information content (AvgIpc) is 2.39. The molecule has 1 aliphatic rings. The largest absolute Gasteiger partial charge is 0.391 e. The molecule has 0 saturated carbocycles. The maximum absolute atomic E-state index is 13.2. The molecule has 21 heavy (non-hydrogen) atoms. The highest BCUT2D eigenvalue weighted by Crippen LogP contribution is 2.31. The van der Waals surface area contributed by atoms with Crippen LogP contribution in [0.3, 0.4) is 0 Å². The summed E-state index contributed by atoms with van der Waals surface area (Å²) in [7, 11) is 0. The van der Waals surface area contributed by atoms with Gasteiger partial charge in [0.15, 0.2) is 0 Å². The normalized spacial score (nSPS) is 20.5. The molecule has 0 radical (unpaired) electrons. The van der Waals surface area contributed by atoms with E-state index in [2.05, 4.69) is 19.1 Å². The molecule has 2 rings (SSSR count). The summed E-state index contributed by atoms with van der Waals surface area (Å²) in [6, 6.07) is 10.3. The number of allylic oxidation sites excluding steroid dienone is 1. The zero-order valence-electron chi connectivity index (χ0n) is 11.0. The van der Waals surface area contributed by atoms with Crippen molar-refractivity contribution in [2.75, 3.05) is 0 Å². The lowest BCUT2D eigenvalue weighted by Gasteiger charge is -2.13. The molecule has 0 aromatic heterocycles. The second-order valence-corrected chi connectivity index (χ2v) is 4.32. The molecule has 1 aliphatic carbocycles. The van der Waals surface area contributed by atoms with Crippen LogP contribution in [0.1, 0.15) is 12.0 Å². The molecule has 0 amide bonds. The number of nitrogens with zero attached hydrogens (tertiary/aromatic N) is 2. The monoisotopic (exact) mass is 298 g/mol. The Labute approximate surface area is 118 Å². The quantitative estimate of drug-likeness (QED) is 0.476. The lowest BCUT2D eigenvalue weighted by atomic mass is 10.0. The van der Waals surface area contributed by atoms with Crippen molar-refractivity contribution in [2.24, 2.45) is 0 Å². The van der Waals surface area contributed by atoms with Crippen molar-refractivity contribution in [3.8, 4) is 0 Å². The second-order valence-electron chi connectivity index (χ2n) is 4.32. The van der Waals surface area contributed by atoms with Gasteiger partial charge in [-0.3, -0.25) is 20.2 Å². The van der Waals surface area contributed by atoms with Crippen molar-refractivity contribution < 1.29 is 18.6 Å². The standard InChI is InChI=1S/C7H8.C6H4F2N2O4/c1-7-5-3-2-4-6-7;7-4-1-5(9(11)12)3-6(8,2-4)10(13)14/h2-6H,1H3;1,3H,2H2. The van der Waals surface area contributed by atoms with Crippen LogP contribution in [0, 0.1) is 27.2 Å². The minimum absolute atomic E-state index is 0.191. The first-order valence-corrected chi connectivity index (χ1v) is 5.83. The summed E-state index contributed by atoms with van der Waals surface area (Å²) in [5, 5.41) is 20.3. The minimum Gasteiger partial charge on any atom is -0.261 e. The molecule has 1 aromatic rings. The molecule has 0 saturated heterocycles. The third-order valence-corrected chi connectivity index (χ3v) is 2.55. The van der Waals surface area contributed by atoms with E-state index in [4.69, 9.17) is 0 Å². The van der Waals surface area contributed by atoms with Gasteiger partial charge in [-0.15, -0.1) is 0 Å². The Kier molecular flexibility index (Phi) is 5.23. The van der Waals surface area contributed by atoms with E-state index in [9.17, 15) is 29.0 Å².